The highest BCUT2D eigenvalue weighted by Gasteiger charge is 2.03. The van der Waals surface area contributed by atoms with Gasteiger partial charge in [0.25, 0.3) is 0 Å². The average Bonchev–Trinajstić information content (AvgIpc) is 2.98. The van der Waals surface area contributed by atoms with Gasteiger partial charge in [-0.05, 0) is 73.9 Å². The van der Waals surface area contributed by atoms with Crippen LogP contribution in [-0.2, 0) is 13.1 Å². The fourth-order valence-electron chi connectivity index (χ4n) is 4.53. The van der Waals surface area contributed by atoms with Crippen molar-refractivity contribution in [3.63, 3.8) is 0 Å². The molecule has 198 valence electrons. The van der Waals surface area contributed by atoms with Gasteiger partial charge in [-0.2, -0.15) is 0 Å². The summed E-state index contributed by atoms with van der Waals surface area (Å²) in [4.78, 5) is 0. The van der Waals surface area contributed by atoms with E-state index in [4.69, 9.17) is 9.47 Å². The van der Waals surface area contributed by atoms with Crippen LogP contribution in [0, 0.1) is 0 Å². The Balaban J connectivity index is 1.06. The van der Waals surface area contributed by atoms with Gasteiger partial charge < -0.3 is 9.47 Å². The zero-order chi connectivity index (χ0) is 26.1. The van der Waals surface area contributed by atoms with Gasteiger partial charge in [0.15, 0.2) is 24.8 Å². The van der Waals surface area contributed by atoms with Gasteiger partial charge in [0.05, 0.1) is 13.2 Å². The lowest BCUT2D eigenvalue weighted by Crippen LogP contribution is -2.32. The van der Waals surface area contributed by atoms with Crippen LogP contribution in [0.25, 0.3) is 11.1 Å². The molecule has 0 aliphatic heterocycles. The fourth-order valence-corrected chi connectivity index (χ4v) is 4.53. The summed E-state index contributed by atoms with van der Waals surface area (Å²) in [5.74, 6) is 1.88. The van der Waals surface area contributed by atoms with Crippen LogP contribution in [-0.4, -0.2) is 13.2 Å². The first-order valence-electron chi connectivity index (χ1n) is 14.2. The lowest BCUT2D eigenvalue weighted by molar-refractivity contribution is -0.697. The van der Waals surface area contributed by atoms with Crippen LogP contribution >= 0.6 is 0 Å². The first-order valence-corrected chi connectivity index (χ1v) is 14.2. The summed E-state index contributed by atoms with van der Waals surface area (Å²) in [7, 11) is 0. The van der Waals surface area contributed by atoms with Gasteiger partial charge in [-0.1, -0.05) is 36.4 Å². The van der Waals surface area contributed by atoms with Crippen LogP contribution in [0.5, 0.6) is 11.5 Å². The summed E-state index contributed by atoms with van der Waals surface area (Å²) >= 11 is 0. The third kappa shape index (κ3) is 10.0. The smallest absolute Gasteiger partial charge is 0.168 e. The first kappa shape index (κ1) is 27.4. The Labute approximate surface area is 228 Å². The second-order valence-electron chi connectivity index (χ2n) is 9.80. The van der Waals surface area contributed by atoms with E-state index in [2.05, 4.69) is 119 Å². The van der Waals surface area contributed by atoms with E-state index in [1.54, 1.807) is 0 Å². The van der Waals surface area contributed by atoms with Gasteiger partial charge in [0.1, 0.15) is 24.6 Å². The predicted molar refractivity (Wildman–Crippen MR) is 153 cm³/mol. The molecule has 2 aromatic heterocycles. The number of hydrogen-bond donors (Lipinski definition) is 0. The Hall–Kier alpha value is -3.66. The van der Waals surface area contributed by atoms with Gasteiger partial charge >= 0.3 is 0 Å². The molecule has 0 radical (unpaired) electrons. The van der Waals surface area contributed by atoms with Crippen molar-refractivity contribution in [3.05, 3.63) is 110 Å². The number of benzene rings is 2. The number of rotatable bonds is 17. The minimum absolute atomic E-state index is 0.774. The van der Waals surface area contributed by atoms with E-state index in [-0.39, 0.29) is 0 Å². The maximum atomic E-state index is 5.96. The Kier molecular flexibility index (Phi) is 11.7. The Morgan fingerprint density at radius 3 is 1.16 bits per heavy atom. The second-order valence-corrected chi connectivity index (χ2v) is 9.80. The summed E-state index contributed by atoms with van der Waals surface area (Å²) in [6.45, 7) is 3.72. The Morgan fingerprint density at radius 2 is 0.763 bits per heavy atom. The molecule has 4 heteroatoms. The monoisotopic (exact) mass is 510 g/mol. The van der Waals surface area contributed by atoms with E-state index in [0.717, 1.165) is 50.6 Å². The van der Waals surface area contributed by atoms with E-state index < -0.39 is 0 Å². The quantitative estimate of drug-likeness (QED) is 0.111. The molecule has 38 heavy (non-hydrogen) atoms. The zero-order valence-corrected chi connectivity index (χ0v) is 22.6. The molecule has 0 aliphatic rings. The second kappa shape index (κ2) is 16.2. The Morgan fingerprint density at radius 1 is 0.395 bits per heavy atom. The lowest BCUT2D eigenvalue weighted by Gasteiger charge is -2.09. The highest BCUT2D eigenvalue weighted by molar-refractivity contribution is 5.64. The molecule has 4 rings (SSSR count). The summed E-state index contributed by atoms with van der Waals surface area (Å²) in [6.07, 6.45) is 18.0. The largest absolute Gasteiger partial charge is 0.494 e. The summed E-state index contributed by atoms with van der Waals surface area (Å²) in [6, 6.07) is 29.3. The highest BCUT2D eigenvalue weighted by Crippen LogP contribution is 2.25. The minimum Gasteiger partial charge on any atom is -0.494 e. The van der Waals surface area contributed by atoms with Crippen LogP contribution < -0.4 is 18.6 Å². The normalized spacial score (nSPS) is 10.8. The van der Waals surface area contributed by atoms with E-state index in [0.29, 0.717) is 0 Å². The molecule has 0 atom stereocenters. The molecule has 0 fully saturated rings. The van der Waals surface area contributed by atoms with Gasteiger partial charge in [-0.25, -0.2) is 9.13 Å². The molecule has 2 heterocycles. The number of aryl methyl sites for hydroxylation is 2. The molecule has 0 saturated heterocycles. The highest BCUT2D eigenvalue weighted by atomic mass is 16.5. The summed E-state index contributed by atoms with van der Waals surface area (Å²) < 4.78 is 16.4. The van der Waals surface area contributed by atoms with Crippen LogP contribution in [0.1, 0.15) is 51.4 Å². The van der Waals surface area contributed by atoms with Crippen LogP contribution in [0.3, 0.4) is 0 Å². The number of ether oxygens (including phenoxy) is 2. The number of hydrogen-bond acceptors (Lipinski definition) is 2. The molecule has 0 N–H and O–H groups in total. The molecule has 0 bridgehead atoms. The number of unbranched alkanes of at least 4 members (excludes halogenated alkanes) is 6. The summed E-state index contributed by atoms with van der Waals surface area (Å²) in [5.41, 5.74) is 2.39. The molecule has 4 aromatic rings. The summed E-state index contributed by atoms with van der Waals surface area (Å²) in [5, 5.41) is 0. The van der Waals surface area contributed by atoms with Crippen molar-refractivity contribution in [3.8, 4) is 22.6 Å². The van der Waals surface area contributed by atoms with E-state index >= 15 is 0 Å². The average molecular weight is 511 g/mol. The predicted octanol–water partition coefficient (Wildman–Crippen LogP) is 7.21. The molecule has 0 unspecified atom stereocenters. The maximum Gasteiger partial charge on any atom is 0.168 e. The van der Waals surface area contributed by atoms with Gasteiger partial charge in [0, 0.05) is 37.1 Å². The van der Waals surface area contributed by atoms with Gasteiger partial charge in [-0.15, -0.1) is 0 Å². The third-order valence-corrected chi connectivity index (χ3v) is 6.76. The standard InChI is InChI=1S/C34H42N2O2/c1(7-23-35-25-9-5-10-26-35)3-13-29-37-33-19-15-31(16-20-33)32-17-21-34(22-18-32)38-30-14-4-2-8-24-36-27-11-6-12-28-36/h5-6,9-12,15-22,25-28H,1-4,7-8,13-14,23-24,29-30H2/q+2. The minimum atomic E-state index is 0.774. The van der Waals surface area contributed by atoms with Crippen LogP contribution in [0.2, 0.25) is 0 Å². The van der Waals surface area contributed by atoms with Crippen LogP contribution in [0.15, 0.2) is 110 Å². The van der Waals surface area contributed by atoms with Crippen molar-refractivity contribution < 1.29 is 18.6 Å². The van der Waals surface area contributed by atoms with E-state index in [1.165, 1.54) is 49.7 Å². The molecule has 0 spiro atoms. The Bertz CT molecular complexity index is 1050. The fraction of sp³-hybridized carbons (Fsp3) is 0.353. The SMILES string of the molecule is c1cc[n+](CCCCCCOc2ccc(-c3ccc(OCCCCCC[n+]4ccccc4)cc3)cc2)cc1. The van der Waals surface area contributed by atoms with Crippen molar-refractivity contribution in [1.82, 2.24) is 0 Å². The van der Waals surface area contributed by atoms with Crippen molar-refractivity contribution in [2.75, 3.05) is 13.2 Å². The third-order valence-electron chi connectivity index (χ3n) is 6.76. The topological polar surface area (TPSA) is 26.2 Å². The van der Waals surface area contributed by atoms with Crippen molar-refractivity contribution in [2.24, 2.45) is 0 Å². The molecular formula is C34H42N2O2+2. The molecule has 2 aromatic carbocycles. The lowest BCUT2D eigenvalue weighted by atomic mass is 10.1. The van der Waals surface area contributed by atoms with Gasteiger partial charge in [-0.3, -0.25) is 0 Å². The van der Waals surface area contributed by atoms with Crippen molar-refractivity contribution in [1.29, 1.82) is 0 Å². The zero-order valence-electron chi connectivity index (χ0n) is 22.6. The molecule has 0 saturated carbocycles. The number of aromatic nitrogens is 2. The first-order chi connectivity index (χ1) is 18.9. The molecular weight excluding hydrogens is 468 g/mol. The van der Waals surface area contributed by atoms with E-state index in [1.807, 2.05) is 0 Å². The number of pyridine rings is 2. The van der Waals surface area contributed by atoms with Crippen molar-refractivity contribution in [2.45, 2.75) is 64.5 Å². The van der Waals surface area contributed by atoms with Crippen molar-refractivity contribution >= 4 is 0 Å². The van der Waals surface area contributed by atoms with E-state index in [9.17, 15) is 0 Å². The molecule has 4 nitrogen and oxygen atoms in total. The molecule has 0 aliphatic carbocycles. The van der Waals surface area contributed by atoms with Crippen LogP contribution in [0.4, 0.5) is 0 Å². The number of nitrogens with zero attached hydrogens (tertiary/aromatic N) is 2. The molecule has 0 amide bonds. The maximum absolute atomic E-state index is 5.96. The van der Waals surface area contributed by atoms with Gasteiger partial charge in [0.2, 0.25) is 0 Å².